The molecule has 58 valence electrons. The summed E-state index contributed by atoms with van der Waals surface area (Å²) in [5.74, 6) is 0. The number of aromatic nitrogens is 1. The van der Waals surface area contributed by atoms with E-state index in [2.05, 4.69) is 10.3 Å². The summed E-state index contributed by atoms with van der Waals surface area (Å²) in [7, 11) is 0. The number of pyridine rings is 1. The lowest BCUT2D eigenvalue weighted by Crippen LogP contribution is -2.23. The molecule has 3 heteroatoms. The van der Waals surface area contributed by atoms with Crippen molar-refractivity contribution in [3.8, 4) is 0 Å². The molecule has 0 bridgehead atoms. The third kappa shape index (κ3) is 1.07. The highest BCUT2D eigenvalue weighted by Crippen LogP contribution is 2.24. The molecule has 1 atom stereocenters. The van der Waals surface area contributed by atoms with E-state index in [0.717, 1.165) is 24.3 Å². The summed E-state index contributed by atoms with van der Waals surface area (Å²) < 4.78 is 0. The van der Waals surface area contributed by atoms with Crippen LogP contribution in [0.4, 0.5) is 5.69 Å². The summed E-state index contributed by atoms with van der Waals surface area (Å²) in [6, 6.07) is 4.05. The highest BCUT2D eigenvalue weighted by Gasteiger charge is 2.15. The van der Waals surface area contributed by atoms with Crippen molar-refractivity contribution < 1.29 is 0 Å². The van der Waals surface area contributed by atoms with Gasteiger partial charge >= 0.3 is 0 Å². The fourth-order valence-electron chi connectivity index (χ4n) is 1.36. The van der Waals surface area contributed by atoms with E-state index in [-0.39, 0.29) is 6.04 Å². The fourth-order valence-corrected chi connectivity index (χ4v) is 1.36. The van der Waals surface area contributed by atoms with Gasteiger partial charge in [-0.1, -0.05) is 0 Å². The van der Waals surface area contributed by atoms with Gasteiger partial charge in [0.15, 0.2) is 0 Å². The molecule has 0 fully saturated rings. The lowest BCUT2D eigenvalue weighted by atomic mass is 10.1. The average molecular weight is 149 g/mol. The highest BCUT2D eigenvalue weighted by molar-refractivity contribution is 5.50. The number of nitrogens with zero attached hydrogens (tertiary/aromatic N) is 1. The van der Waals surface area contributed by atoms with Crippen molar-refractivity contribution in [3.05, 3.63) is 24.0 Å². The molecule has 0 amide bonds. The van der Waals surface area contributed by atoms with Crippen LogP contribution in [0.25, 0.3) is 0 Å². The molecule has 0 aromatic carbocycles. The Kier molecular flexibility index (Phi) is 1.51. The monoisotopic (exact) mass is 149 g/mol. The molecule has 3 nitrogen and oxygen atoms in total. The van der Waals surface area contributed by atoms with Gasteiger partial charge in [0.1, 0.15) is 0 Å². The molecule has 1 aliphatic rings. The van der Waals surface area contributed by atoms with Gasteiger partial charge < -0.3 is 11.1 Å². The van der Waals surface area contributed by atoms with Crippen LogP contribution in [0.3, 0.4) is 0 Å². The minimum Gasteiger partial charge on any atom is -0.383 e. The highest BCUT2D eigenvalue weighted by atomic mass is 14.9. The van der Waals surface area contributed by atoms with Crippen molar-refractivity contribution in [2.75, 3.05) is 11.9 Å². The molecule has 0 unspecified atom stereocenters. The van der Waals surface area contributed by atoms with Crippen LogP contribution in [0.1, 0.15) is 18.2 Å². The van der Waals surface area contributed by atoms with Crippen molar-refractivity contribution in [2.24, 2.45) is 5.73 Å². The largest absolute Gasteiger partial charge is 0.383 e. The summed E-state index contributed by atoms with van der Waals surface area (Å²) in [5.41, 5.74) is 7.93. The molecule has 1 aromatic heterocycles. The maximum atomic E-state index is 5.84. The molecule has 3 N–H and O–H groups in total. The van der Waals surface area contributed by atoms with Crippen LogP contribution in [0.15, 0.2) is 18.3 Å². The average Bonchev–Trinajstić information content (AvgIpc) is 2.06. The standard InChI is InChI=1S/C8H11N3/c9-6-3-5-10-7-2-1-4-11-8(6)7/h1-2,4,6,10H,3,5,9H2/t6-/m1/s1. The molecule has 11 heavy (non-hydrogen) atoms. The minimum atomic E-state index is 0.118. The zero-order chi connectivity index (χ0) is 7.68. The Hall–Kier alpha value is -1.09. The first-order valence-corrected chi connectivity index (χ1v) is 3.82. The van der Waals surface area contributed by atoms with Gasteiger partial charge in [-0.2, -0.15) is 0 Å². The van der Waals surface area contributed by atoms with E-state index < -0.39 is 0 Å². The molecule has 1 aromatic rings. The van der Waals surface area contributed by atoms with Crippen LogP contribution in [-0.2, 0) is 0 Å². The molecule has 0 aliphatic carbocycles. The lowest BCUT2D eigenvalue weighted by molar-refractivity contribution is 0.634. The lowest BCUT2D eigenvalue weighted by Gasteiger charge is -2.21. The number of hydrogen-bond donors (Lipinski definition) is 2. The molecule has 2 rings (SSSR count). The SMILES string of the molecule is N[C@@H]1CCNc2cccnc21. The van der Waals surface area contributed by atoms with E-state index in [0.29, 0.717) is 0 Å². The molecule has 0 saturated carbocycles. The first-order chi connectivity index (χ1) is 5.38. The van der Waals surface area contributed by atoms with Crippen LogP contribution < -0.4 is 11.1 Å². The second-order valence-electron chi connectivity index (χ2n) is 2.76. The predicted octanol–water partition coefficient (Wildman–Crippen LogP) is 0.897. The van der Waals surface area contributed by atoms with Gasteiger partial charge in [0.25, 0.3) is 0 Å². The first kappa shape index (κ1) is 6.61. The van der Waals surface area contributed by atoms with E-state index in [1.54, 1.807) is 6.20 Å². The van der Waals surface area contributed by atoms with Gasteiger partial charge in [0, 0.05) is 12.7 Å². The third-order valence-corrected chi connectivity index (χ3v) is 1.96. The molecule has 0 spiro atoms. The van der Waals surface area contributed by atoms with Gasteiger partial charge in [0.05, 0.1) is 17.4 Å². The van der Waals surface area contributed by atoms with Crippen LogP contribution in [-0.4, -0.2) is 11.5 Å². The quantitative estimate of drug-likeness (QED) is 0.576. The molecular weight excluding hydrogens is 138 g/mol. The van der Waals surface area contributed by atoms with Crippen molar-refractivity contribution in [1.82, 2.24) is 4.98 Å². The summed E-state index contributed by atoms with van der Waals surface area (Å²) in [4.78, 5) is 4.21. The maximum absolute atomic E-state index is 5.84. The Morgan fingerprint density at radius 3 is 3.36 bits per heavy atom. The zero-order valence-electron chi connectivity index (χ0n) is 6.25. The minimum absolute atomic E-state index is 0.118. The van der Waals surface area contributed by atoms with Gasteiger partial charge in [0.2, 0.25) is 0 Å². The Balaban J connectivity index is 2.44. The summed E-state index contributed by atoms with van der Waals surface area (Å²) in [6.45, 7) is 0.958. The van der Waals surface area contributed by atoms with E-state index >= 15 is 0 Å². The topological polar surface area (TPSA) is 50.9 Å². The number of anilines is 1. The van der Waals surface area contributed by atoms with Gasteiger partial charge in [-0.05, 0) is 18.6 Å². The smallest absolute Gasteiger partial charge is 0.0802 e. The number of fused-ring (bicyclic) bond motifs is 1. The Bertz CT molecular complexity index is 259. The fraction of sp³-hybridized carbons (Fsp3) is 0.375. The number of nitrogens with two attached hydrogens (primary N) is 1. The van der Waals surface area contributed by atoms with Crippen molar-refractivity contribution in [1.29, 1.82) is 0 Å². The number of rotatable bonds is 0. The first-order valence-electron chi connectivity index (χ1n) is 3.82. The molecule has 2 heterocycles. The van der Waals surface area contributed by atoms with E-state index in [1.165, 1.54) is 0 Å². The predicted molar refractivity (Wildman–Crippen MR) is 44.3 cm³/mol. The van der Waals surface area contributed by atoms with Crippen LogP contribution >= 0.6 is 0 Å². The summed E-state index contributed by atoms with van der Waals surface area (Å²) in [6.07, 6.45) is 2.76. The van der Waals surface area contributed by atoms with E-state index in [4.69, 9.17) is 5.73 Å². The Morgan fingerprint density at radius 1 is 1.64 bits per heavy atom. The summed E-state index contributed by atoms with van der Waals surface area (Å²) in [5, 5.41) is 3.25. The molecule has 0 radical (unpaired) electrons. The third-order valence-electron chi connectivity index (χ3n) is 1.96. The maximum Gasteiger partial charge on any atom is 0.0802 e. The summed E-state index contributed by atoms with van der Waals surface area (Å²) >= 11 is 0. The number of hydrogen-bond acceptors (Lipinski definition) is 3. The van der Waals surface area contributed by atoms with Crippen molar-refractivity contribution >= 4 is 5.69 Å². The van der Waals surface area contributed by atoms with Crippen LogP contribution in [0.5, 0.6) is 0 Å². The van der Waals surface area contributed by atoms with Crippen molar-refractivity contribution in [3.63, 3.8) is 0 Å². The second-order valence-corrected chi connectivity index (χ2v) is 2.76. The van der Waals surface area contributed by atoms with Gasteiger partial charge in [-0.15, -0.1) is 0 Å². The van der Waals surface area contributed by atoms with Gasteiger partial charge in [-0.25, -0.2) is 0 Å². The zero-order valence-corrected chi connectivity index (χ0v) is 6.25. The molecule has 0 saturated heterocycles. The molecule has 1 aliphatic heterocycles. The van der Waals surface area contributed by atoms with Crippen LogP contribution in [0, 0.1) is 0 Å². The van der Waals surface area contributed by atoms with Crippen LogP contribution in [0.2, 0.25) is 0 Å². The Labute approximate surface area is 65.6 Å². The Morgan fingerprint density at radius 2 is 2.55 bits per heavy atom. The normalized spacial score (nSPS) is 22.1. The second kappa shape index (κ2) is 2.51. The molecular formula is C8H11N3. The van der Waals surface area contributed by atoms with Crippen molar-refractivity contribution in [2.45, 2.75) is 12.5 Å². The van der Waals surface area contributed by atoms with E-state index in [9.17, 15) is 0 Å². The van der Waals surface area contributed by atoms with E-state index in [1.807, 2.05) is 12.1 Å². The number of nitrogens with one attached hydrogen (secondary N) is 1. The van der Waals surface area contributed by atoms with Gasteiger partial charge in [-0.3, -0.25) is 4.98 Å².